The van der Waals surface area contributed by atoms with Crippen LogP contribution in [-0.2, 0) is 27.4 Å². The Morgan fingerprint density at radius 2 is 1.71 bits per heavy atom. The highest BCUT2D eigenvalue weighted by atomic mass is 16.5. The molecule has 1 atom stereocenters. The summed E-state index contributed by atoms with van der Waals surface area (Å²) in [5.41, 5.74) is 4.12. The lowest BCUT2D eigenvalue weighted by Gasteiger charge is -2.34. The number of anilines is 2. The fourth-order valence-corrected chi connectivity index (χ4v) is 5.12. The van der Waals surface area contributed by atoms with Gasteiger partial charge in [0.25, 0.3) is 0 Å². The van der Waals surface area contributed by atoms with Gasteiger partial charge in [-0.15, -0.1) is 5.10 Å². The van der Waals surface area contributed by atoms with E-state index in [-0.39, 0.29) is 30.8 Å². The summed E-state index contributed by atoms with van der Waals surface area (Å²) in [6.45, 7) is 7.20. The Balaban J connectivity index is 1.39. The molecule has 0 bridgehead atoms. The molecule has 2 amide bonds. The van der Waals surface area contributed by atoms with Crippen LogP contribution in [0, 0.1) is 5.92 Å². The number of carbonyl (C=O) groups is 2. The number of morpholine rings is 1. The molecule has 41 heavy (non-hydrogen) atoms. The van der Waals surface area contributed by atoms with E-state index in [0.717, 1.165) is 35.6 Å². The zero-order valence-electron chi connectivity index (χ0n) is 23.7. The zero-order chi connectivity index (χ0) is 28.8. The van der Waals surface area contributed by atoms with Crippen LogP contribution >= 0.6 is 0 Å². The van der Waals surface area contributed by atoms with Crippen LogP contribution in [0.15, 0.2) is 72.8 Å². The predicted molar refractivity (Wildman–Crippen MR) is 158 cm³/mol. The molecule has 0 radical (unpaired) electrons. The van der Waals surface area contributed by atoms with E-state index in [1.807, 2.05) is 86.6 Å². The maximum atomic E-state index is 13.9. The van der Waals surface area contributed by atoms with E-state index in [1.165, 1.54) is 0 Å². The van der Waals surface area contributed by atoms with Gasteiger partial charge in [-0.2, -0.15) is 0 Å². The number of rotatable bonds is 10. The number of ether oxygens (including phenoxy) is 2. The lowest BCUT2D eigenvalue weighted by molar-refractivity contribution is -0.141. The third kappa shape index (κ3) is 6.66. The molecule has 1 aliphatic heterocycles. The number of aromatic nitrogens is 3. The SMILES string of the molecule is COc1ccc(CN(C(=O)Cn2nnc3ccccc32)[C@@H](C(=O)Nc2ccc(N3CCOCC3)cc2)C(C)C)cc1. The number of methoxy groups -OCH3 is 1. The van der Waals surface area contributed by atoms with E-state index in [0.29, 0.717) is 24.4 Å². The van der Waals surface area contributed by atoms with Crippen LogP contribution in [0.3, 0.4) is 0 Å². The minimum Gasteiger partial charge on any atom is -0.497 e. The van der Waals surface area contributed by atoms with Gasteiger partial charge in [-0.25, -0.2) is 4.68 Å². The maximum absolute atomic E-state index is 13.9. The lowest BCUT2D eigenvalue weighted by Crippen LogP contribution is -2.50. The van der Waals surface area contributed by atoms with Gasteiger partial charge in [0.2, 0.25) is 11.8 Å². The number of nitrogens with zero attached hydrogens (tertiary/aromatic N) is 5. The monoisotopic (exact) mass is 556 g/mol. The third-order valence-electron chi connectivity index (χ3n) is 7.28. The van der Waals surface area contributed by atoms with Crippen molar-refractivity contribution in [2.24, 2.45) is 5.92 Å². The summed E-state index contributed by atoms with van der Waals surface area (Å²) in [5.74, 6) is 0.0918. The van der Waals surface area contributed by atoms with Crippen molar-refractivity contribution in [2.45, 2.75) is 33.0 Å². The summed E-state index contributed by atoms with van der Waals surface area (Å²) in [7, 11) is 1.61. The number of hydrogen-bond acceptors (Lipinski definition) is 7. The van der Waals surface area contributed by atoms with Crippen LogP contribution in [0.2, 0.25) is 0 Å². The summed E-state index contributed by atoms with van der Waals surface area (Å²) in [6.07, 6.45) is 0. The lowest BCUT2D eigenvalue weighted by atomic mass is 10.00. The van der Waals surface area contributed by atoms with Crippen molar-refractivity contribution in [1.29, 1.82) is 0 Å². The van der Waals surface area contributed by atoms with Gasteiger partial charge in [0, 0.05) is 31.0 Å². The van der Waals surface area contributed by atoms with Crippen LogP contribution in [-0.4, -0.2) is 71.2 Å². The van der Waals surface area contributed by atoms with Crippen molar-refractivity contribution < 1.29 is 19.1 Å². The van der Waals surface area contributed by atoms with Gasteiger partial charge in [0.15, 0.2) is 0 Å². The van der Waals surface area contributed by atoms with Gasteiger partial charge in [-0.1, -0.05) is 43.3 Å². The molecule has 1 N–H and O–H groups in total. The van der Waals surface area contributed by atoms with E-state index in [1.54, 1.807) is 16.7 Å². The molecule has 1 aromatic heterocycles. The molecular formula is C31H36N6O4. The second kappa shape index (κ2) is 12.8. The molecule has 0 spiro atoms. The summed E-state index contributed by atoms with van der Waals surface area (Å²) in [4.78, 5) is 31.6. The molecule has 3 aromatic carbocycles. The van der Waals surface area contributed by atoms with Crippen molar-refractivity contribution in [3.05, 3.63) is 78.4 Å². The smallest absolute Gasteiger partial charge is 0.247 e. The Hall–Kier alpha value is -4.44. The molecule has 5 rings (SSSR count). The normalized spacial score (nSPS) is 14.2. The predicted octanol–water partition coefficient (Wildman–Crippen LogP) is 3.97. The first-order valence-electron chi connectivity index (χ1n) is 13.9. The Morgan fingerprint density at radius 3 is 2.39 bits per heavy atom. The van der Waals surface area contributed by atoms with E-state index in [4.69, 9.17) is 9.47 Å². The van der Waals surface area contributed by atoms with Gasteiger partial charge in [-0.3, -0.25) is 9.59 Å². The van der Waals surface area contributed by atoms with Crippen molar-refractivity contribution in [2.75, 3.05) is 43.6 Å². The molecular weight excluding hydrogens is 520 g/mol. The number of benzene rings is 3. The molecule has 214 valence electrons. The number of para-hydroxylation sites is 1. The summed E-state index contributed by atoms with van der Waals surface area (Å²) in [5, 5.41) is 11.4. The standard InChI is InChI=1S/C31H36N6O4/c1-22(2)30(31(39)32-24-10-12-25(13-11-24)35-16-18-41-19-17-35)36(20-23-8-14-26(40-3)15-9-23)29(38)21-37-28-7-5-4-6-27(28)33-34-37/h4-15,22,30H,16-21H2,1-3H3,(H,32,39)/t30-/m1/s1. The number of carbonyl (C=O) groups excluding carboxylic acids is 2. The first-order chi connectivity index (χ1) is 19.9. The van der Waals surface area contributed by atoms with E-state index in [9.17, 15) is 9.59 Å². The molecule has 0 unspecified atom stereocenters. The Kier molecular flexibility index (Phi) is 8.79. The van der Waals surface area contributed by atoms with Gasteiger partial charge >= 0.3 is 0 Å². The number of fused-ring (bicyclic) bond motifs is 1. The van der Waals surface area contributed by atoms with E-state index >= 15 is 0 Å². The largest absolute Gasteiger partial charge is 0.497 e. The highest BCUT2D eigenvalue weighted by Crippen LogP contribution is 2.23. The van der Waals surface area contributed by atoms with Crippen molar-refractivity contribution >= 4 is 34.2 Å². The molecule has 2 heterocycles. The number of hydrogen-bond donors (Lipinski definition) is 1. The van der Waals surface area contributed by atoms with Crippen molar-refractivity contribution in [3.63, 3.8) is 0 Å². The Labute approximate surface area is 239 Å². The number of amides is 2. The average Bonchev–Trinajstić information content (AvgIpc) is 3.40. The molecule has 1 saturated heterocycles. The molecule has 1 fully saturated rings. The minimum absolute atomic E-state index is 0.0403. The highest BCUT2D eigenvalue weighted by Gasteiger charge is 2.33. The second-order valence-electron chi connectivity index (χ2n) is 10.4. The van der Waals surface area contributed by atoms with Crippen LogP contribution < -0.4 is 15.0 Å². The molecule has 10 nitrogen and oxygen atoms in total. The Morgan fingerprint density at radius 1 is 1.00 bits per heavy atom. The summed E-state index contributed by atoms with van der Waals surface area (Å²) < 4.78 is 12.3. The quantitative estimate of drug-likeness (QED) is 0.315. The number of nitrogens with one attached hydrogen (secondary N) is 1. The fraction of sp³-hybridized carbons (Fsp3) is 0.355. The summed E-state index contributed by atoms with van der Waals surface area (Å²) >= 11 is 0. The van der Waals surface area contributed by atoms with E-state index < -0.39 is 6.04 Å². The molecule has 0 saturated carbocycles. The highest BCUT2D eigenvalue weighted by molar-refractivity contribution is 5.97. The molecule has 0 aliphatic carbocycles. The zero-order valence-corrected chi connectivity index (χ0v) is 23.7. The van der Waals surface area contributed by atoms with Crippen LogP contribution in [0.1, 0.15) is 19.4 Å². The van der Waals surface area contributed by atoms with Crippen LogP contribution in [0.5, 0.6) is 5.75 Å². The second-order valence-corrected chi connectivity index (χ2v) is 10.4. The average molecular weight is 557 g/mol. The molecule has 10 heteroatoms. The topological polar surface area (TPSA) is 102 Å². The fourth-order valence-electron chi connectivity index (χ4n) is 5.12. The molecule has 4 aromatic rings. The van der Waals surface area contributed by atoms with Crippen molar-refractivity contribution in [1.82, 2.24) is 19.9 Å². The van der Waals surface area contributed by atoms with Gasteiger partial charge in [0.1, 0.15) is 23.9 Å². The minimum atomic E-state index is -0.724. The van der Waals surface area contributed by atoms with Gasteiger partial charge < -0.3 is 24.6 Å². The van der Waals surface area contributed by atoms with Gasteiger partial charge in [0.05, 0.1) is 25.8 Å². The summed E-state index contributed by atoms with van der Waals surface area (Å²) in [6, 6.07) is 22.1. The van der Waals surface area contributed by atoms with Crippen molar-refractivity contribution in [3.8, 4) is 5.75 Å². The third-order valence-corrected chi connectivity index (χ3v) is 7.28. The maximum Gasteiger partial charge on any atom is 0.247 e. The van der Waals surface area contributed by atoms with Gasteiger partial charge in [-0.05, 0) is 60.0 Å². The first-order valence-corrected chi connectivity index (χ1v) is 13.9. The van der Waals surface area contributed by atoms with Crippen LogP contribution in [0.25, 0.3) is 11.0 Å². The molecule has 1 aliphatic rings. The first kappa shape index (κ1) is 28.1. The Bertz CT molecular complexity index is 1460. The van der Waals surface area contributed by atoms with E-state index in [2.05, 4.69) is 20.5 Å². The van der Waals surface area contributed by atoms with Crippen LogP contribution in [0.4, 0.5) is 11.4 Å².